The molecule has 6 nitrogen and oxygen atoms in total. The Balaban J connectivity index is 2.27. The van der Waals surface area contributed by atoms with Crippen LogP contribution >= 0.6 is 12.2 Å². The molecule has 2 aromatic rings. The summed E-state index contributed by atoms with van der Waals surface area (Å²) in [6.07, 6.45) is 1.79. The number of amides is 1. The van der Waals surface area contributed by atoms with Crippen LogP contribution in [-0.4, -0.2) is 27.5 Å². The third kappa shape index (κ3) is 2.25. The minimum atomic E-state index is -0.288. The summed E-state index contributed by atoms with van der Waals surface area (Å²) >= 11 is 4.87. The number of pyridine rings is 1. The molecule has 2 heterocycles. The SMILES string of the molecule is CNC(=S)NNC(=O)c1c(C)nc2ccccn12. The van der Waals surface area contributed by atoms with Crippen LogP contribution in [0.25, 0.3) is 5.65 Å². The van der Waals surface area contributed by atoms with Crippen LogP contribution in [0, 0.1) is 6.92 Å². The van der Waals surface area contributed by atoms with Crippen LogP contribution in [0.3, 0.4) is 0 Å². The van der Waals surface area contributed by atoms with Crippen molar-refractivity contribution in [2.24, 2.45) is 0 Å². The van der Waals surface area contributed by atoms with Gasteiger partial charge in [0.2, 0.25) is 0 Å². The quantitative estimate of drug-likeness (QED) is 0.512. The molecule has 0 aliphatic carbocycles. The number of hydrogen-bond donors (Lipinski definition) is 3. The van der Waals surface area contributed by atoms with Gasteiger partial charge in [-0.2, -0.15) is 0 Å². The predicted octanol–water partition coefficient (Wildman–Crippen LogP) is 0.381. The molecule has 0 spiro atoms. The van der Waals surface area contributed by atoms with E-state index in [1.807, 2.05) is 18.2 Å². The number of nitrogens with zero attached hydrogens (tertiary/aromatic N) is 2. The van der Waals surface area contributed by atoms with Gasteiger partial charge in [-0.05, 0) is 31.3 Å². The Labute approximate surface area is 109 Å². The summed E-state index contributed by atoms with van der Waals surface area (Å²) in [6, 6.07) is 5.56. The number of hydrogen-bond acceptors (Lipinski definition) is 3. The van der Waals surface area contributed by atoms with Crippen molar-refractivity contribution in [2.75, 3.05) is 7.05 Å². The van der Waals surface area contributed by atoms with Gasteiger partial charge in [-0.25, -0.2) is 4.98 Å². The Morgan fingerprint density at radius 1 is 1.39 bits per heavy atom. The molecule has 0 fully saturated rings. The average molecular weight is 263 g/mol. The monoisotopic (exact) mass is 263 g/mol. The van der Waals surface area contributed by atoms with Gasteiger partial charge < -0.3 is 5.32 Å². The first-order valence-electron chi connectivity index (χ1n) is 5.35. The van der Waals surface area contributed by atoms with Crippen LogP contribution in [0.15, 0.2) is 24.4 Å². The van der Waals surface area contributed by atoms with E-state index in [0.29, 0.717) is 16.5 Å². The molecule has 3 N–H and O–H groups in total. The minimum absolute atomic E-state index is 0.288. The molecule has 2 aromatic heterocycles. The molecule has 0 aliphatic heterocycles. The highest BCUT2D eigenvalue weighted by Gasteiger charge is 2.15. The zero-order valence-corrected chi connectivity index (χ0v) is 10.8. The fourth-order valence-corrected chi connectivity index (χ4v) is 1.67. The van der Waals surface area contributed by atoms with Crippen LogP contribution in [0.5, 0.6) is 0 Å². The molecule has 0 aromatic carbocycles. The molecule has 0 saturated carbocycles. The summed E-state index contributed by atoms with van der Waals surface area (Å²) in [4.78, 5) is 16.3. The summed E-state index contributed by atoms with van der Waals surface area (Å²) in [5, 5.41) is 3.04. The zero-order chi connectivity index (χ0) is 13.1. The molecule has 0 unspecified atom stereocenters. The smallest absolute Gasteiger partial charge is 0.288 e. The van der Waals surface area contributed by atoms with Gasteiger partial charge in [0.1, 0.15) is 11.3 Å². The number of carbonyl (C=O) groups is 1. The van der Waals surface area contributed by atoms with E-state index in [2.05, 4.69) is 21.2 Å². The van der Waals surface area contributed by atoms with Gasteiger partial charge in [-0.3, -0.25) is 20.0 Å². The second-order valence-electron chi connectivity index (χ2n) is 3.63. The van der Waals surface area contributed by atoms with Gasteiger partial charge >= 0.3 is 0 Å². The van der Waals surface area contributed by atoms with Crippen molar-refractivity contribution < 1.29 is 4.79 Å². The standard InChI is InChI=1S/C11H13N5OS/c1-7-9(10(17)14-15-11(18)12-2)16-6-4-3-5-8(16)13-7/h3-6H,1-2H3,(H,14,17)(H2,12,15,18). The van der Waals surface area contributed by atoms with E-state index in [0.717, 1.165) is 5.65 Å². The van der Waals surface area contributed by atoms with E-state index in [1.54, 1.807) is 24.6 Å². The van der Waals surface area contributed by atoms with Crippen molar-refractivity contribution in [3.8, 4) is 0 Å². The maximum Gasteiger partial charge on any atom is 0.288 e. The van der Waals surface area contributed by atoms with Crippen LogP contribution in [0.2, 0.25) is 0 Å². The van der Waals surface area contributed by atoms with E-state index in [9.17, 15) is 4.79 Å². The maximum absolute atomic E-state index is 12.0. The lowest BCUT2D eigenvalue weighted by molar-refractivity contribution is 0.0937. The van der Waals surface area contributed by atoms with Crippen molar-refractivity contribution in [3.63, 3.8) is 0 Å². The fourth-order valence-electron chi connectivity index (χ4n) is 1.62. The van der Waals surface area contributed by atoms with Crippen LogP contribution in [-0.2, 0) is 0 Å². The van der Waals surface area contributed by atoms with Crippen molar-refractivity contribution in [3.05, 3.63) is 35.8 Å². The summed E-state index contributed by atoms with van der Waals surface area (Å²) in [7, 11) is 1.67. The lowest BCUT2D eigenvalue weighted by Crippen LogP contribution is -2.46. The van der Waals surface area contributed by atoms with Gasteiger partial charge in [0, 0.05) is 13.2 Å². The number of imidazole rings is 1. The Bertz CT molecular complexity index is 606. The van der Waals surface area contributed by atoms with E-state index in [-0.39, 0.29) is 5.91 Å². The van der Waals surface area contributed by atoms with Gasteiger partial charge in [-0.1, -0.05) is 6.07 Å². The Hall–Kier alpha value is -2.15. The fraction of sp³-hybridized carbons (Fsp3) is 0.182. The first kappa shape index (κ1) is 12.3. The van der Waals surface area contributed by atoms with Crippen molar-refractivity contribution >= 4 is 28.9 Å². The third-order valence-corrected chi connectivity index (χ3v) is 2.74. The van der Waals surface area contributed by atoms with E-state index < -0.39 is 0 Å². The minimum Gasteiger partial charge on any atom is -0.364 e. The summed E-state index contributed by atoms with van der Waals surface area (Å²) in [6.45, 7) is 1.79. The van der Waals surface area contributed by atoms with Gasteiger partial charge in [-0.15, -0.1) is 0 Å². The van der Waals surface area contributed by atoms with Crippen molar-refractivity contribution in [2.45, 2.75) is 6.92 Å². The summed E-state index contributed by atoms with van der Waals surface area (Å²) in [5.41, 5.74) is 6.99. The molecule has 0 aliphatic rings. The van der Waals surface area contributed by atoms with E-state index in [4.69, 9.17) is 12.2 Å². The van der Waals surface area contributed by atoms with Gasteiger partial charge in [0.25, 0.3) is 5.91 Å². The molecule has 0 radical (unpaired) electrons. The highest BCUT2D eigenvalue weighted by atomic mass is 32.1. The lowest BCUT2D eigenvalue weighted by atomic mass is 10.3. The second kappa shape index (κ2) is 5.01. The number of nitrogens with one attached hydrogen (secondary N) is 3. The van der Waals surface area contributed by atoms with Crippen molar-refractivity contribution in [1.82, 2.24) is 25.6 Å². The molecule has 0 atom stereocenters. The molecule has 94 valence electrons. The van der Waals surface area contributed by atoms with Crippen LogP contribution in [0.4, 0.5) is 0 Å². The third-order valence-electron chi connectivity index (χ3n) is 2.44. The number of fused-ring (bicyclic) bond motifs is 1. The number of aromatic nitrogens is 2. The van der Waals surface area contributed by atoms with Crippen LogP contribution < -0.4 is 16.2 Å². The molecule has 0 bridgehead atoms. The van der Waals surface area contributed by atoms with E-state index in [1.165, 1.54) is 0 Å². The Kier molecular flexibility index (Phi) is 3.42. The highest BCUT2D eigenvalue weighted by molar-refractivity contribution is 7.80. The Morgan fingerprint density at radius 3 is 2.89 bits per heavy atom. The maximum atomic E-state index is 12.0. The average Bonchev–Trinajstić information content (AvgIpc) is 2.71. The molecular weight excluding hydrogens is 250 g/mol. The summed E-state index contributed by atoms with van der Waals surface area (Å²) in [5.74, 6) is -0.288. The predicted molar refractivity (Wildman–Crippen MR) is 72.2 cm³/mol. The second-order valence-corrected chi connectivity index (χ2v) is 4.04. The normalized spacial score (nSPS) is 10.1. The molecule has 18 heavy (non-hydrogen) atoms. The first-order valence-corrected chi connectivity index (χ1v) is 5.76. The number of carbonyl (C=O) groups excluding carboxylic acids is 1. The number of hydrazine groups is 1. The zero-order valence-electron chi connectivity index (χ0n) is 10.0. The Morgan fingerprint density at radius 2 is 2.17 bits per heavy atom. The number of rotatable bonds is 1. The lowest BCUT2D eigenvalue weighted by Gasteiger charge is -2.08. The molecular formula is C11H13N5OS. The summed E-state index contributed by atoms with van der Waals surface area (Å²) < 4.78 is 1.73. The largest absolute Gasteiger partial charge is 0.364 e. The van der Waals surface area contributed by atoms with Crippen molar-refractivity contribution in [1.29, 1.82) is 0 Å². The van der Waals surface area contributed by atoms with Gasteiger partial charge in [0.05, 0.1) is 5.69 Å². The van der Waals surface area contributed by atoms with Gasteiger partial charge in [0.15, 0.2) is 5.11 Å². The van der Waals surface area contributed by atoms with Crippen LogP contribution in [0.1, 0.15) is 16.2 Å². The molecule has 2 rings (SSSR count). The number of aryl methyl sites for hydroxylation is 1. The van der Waals surface area contributed by atoms with E-state index >= 15 is 0 Å². The first-order chi connectivity index (χ1) is 8.63. The molecule has 1 amide bonds. The topological polar surface area (TPSA) is 70.5 Å². The molecule has 0 saturated heterocycles. The number of thiocarbonyl (C=S) groups is 1. The highest BCUT2D eigenvalue weighted by Crippen LogP contribution is 2.10. The molecule has 7 heteroatoms.